The number of halogens is 1. The average molecular weight is 343 g/mol. The van der Waals surface area contributed by atoms with E-state index < -0.39 is 0 Å². The molecule has 106 valence electrons. The molecule has 0 saturated heterocycles. The zero-order valence-electron chi connectivity index (χ0n) is 11.7. The Morgan fingerprint density at radius 3 is 2.10 bits per heavy atom. The molecule has 2 nitrogen and oxygen atoms in total. The third kappa shape index (κ3) is 2.79. The lowest BCUT2D eigenvalue weighted by Crippen LogP contribution is -2.13. The van der Waals surface area contributed by atoms with Gasteiger partial charge in [0.2, 0.25) is 0 Å². The van der Waals surface area contributed by atoms with Crippen LogP contribution in [0.1, 0.15) is 12.5 Å². The second-order valence-electron chi connectivity index (χ2n) is 5.02. The number of rotatable bonds is 3. The van der Waals surface area contributed by atoms with Gasteiger partial charge in [0.1, 0.15) is 11.4 Å². The highest BCUT2D eigenvalue weighted by Crippen LogP contribution is 2.29. The summed E-state index contributed by atoms with van der Waals surface area (Å²) in [7, 11) is 0. The molecule has 0 aromatic heterocycles. The van der Waals surface area contributed by atoms with Gasteiger partial charge in [-0.2, -0.15) is 0 Å². The first kappa shape index (κ1) is 14.1. The molecule has 21 heavy (non-hydrogen) atoms. The van der Waals surface area contributed by atoms with Crippen LogP contribution in [0.2, 0.25) is 0 Å². The number of esters is 1. The molecule has 1 atom stereocenters. The van der Waals surface area contributed by atoms with Gasteiger partial charge < -0.3 is 4.74 Å². The minimum Gasteiger partial charge on any atom is -0.460 e. The van der Waals surface area contributed by atoms with Gasteiger partial charge in [0.15, 0.2) is 0 Å². The highest BCUT2D eigenvalue weighted by Gasteiger charge is 2.13. The van der Waals surface area contributed by atoms with Gasteiger partial charge in [-0.3, -0.25) is 4.79 Å². The Balaban J connectivity index is 2.14. The monoisotopic (exact) mass is 342 g/mol. The molecule has 0 saturated carbocycles. The summed E-state index contributed by atoms with van der Waals surface area (Å²) in [6, 6.07) is 18.5. The first-order valence-electron chi connectivity index (χ1n) is 6.87. The largest absolute Gasteiger partial charge is 0.460 e. The minimum absolute atomic E-state index is 0.244. The smallest absolute Gasteiger partial charge is 0.319 e. The second kappa shape index (κ2) is 5.86. The van der Waals surface area contributed by atoms with Crippen molar-refractivity contribution < 1.29 is 9.53 Å². The Morgan fingerprint density at radius 1 is 1.05 bits per heavy atom. The fraction of sp³-hybridized carbons (Fsp3) is 0.167. The van der Waals surface area contributed by atoms with Crippen molar-refractivity contribution in [1.29, 1.82) is 0 Å². The van der Waals surface area contributed by atoms with Gasteiger partial charge in [-0.1, -0.05) is 64.5 Å². The summed E-state index contributed by atoms with van der Waals surface area (Å²) in [6.45, 7) is 2.06. The summed E-state index contributed by atoms with van der Waals surface area (Å²) in [5, 5.41) is 4.58. The molecule has 3 heteroatoms. The summed E-state index contributed by atoms with van der Waals surface area (Å²) in [6.07, 6.45) is 0. The molecule has 0 N–H and O–H groups in total. The van der Waals surface area contributed by atoms with Crippen molar-refractivity contribution in [2.75, 3.05) is 0 Å². The molecule has 0 fully saturated rings. The third-order valence-corrected chi connectivity index (χ3v) is 3.94. The van der Waals surface area contributed by atoms with Gasteiger partial charge in [-0.15, -0.1) is 0 Å². The molecule has 0 aliphatic carbocycles. The van der Waals surface area contributed by atoms with Crippen molar-refractivity contribution in [3.8, 4) is 0 Å². The zero-order chi connectivity index (χ0) is 14.8. The topological polar surface area (TPSA) is 26.3 Å². The summed E-state index contributed by atoms with van der Waals surface area (Å²) in [5.74, 6) is -0.244. The van der Waals surface area contributed by atoms with E-state index in [0.29, 0.717) is 0 Å². The Hall–Kier alpha value is -1.87. The molecular weight excluding hydrogens is 328 g/mol. The highest BCUT2D eigenvalue weighted by atomic mass is 79.9. The maximum Gasteiger partial charge on any atom is 0.319 e. The van der Waals surface area contributed by atoms with E-state index in [1.165, 1.54) is 0 Å². The maximum absolute atomic E-state index is 11.7. The van der Waals surface area contributed by atoms with Crippen LogP contribution < -0.4 is 0 Å². The normalized spacial score (nSPS) is 12.5. The molecule has 0 unspecified atom stereocenters. The standard InChI is InChI=1S/C18H15BrO2/c1-12(19)18(20)21-11-17-15-8-4-2-6-13(15)10-14-7-3-5-9-16(14)17/h2-10,12H,11H2,1H3/t12-/m0/s1. The van der Waals surface area contributed by atoms with E-state index in [9.17, 15) is 4.79 Å². The van der Waals surface area contributed by atoms with Crippen molar-refractivity contribution in [3.63, 3.8) is 0 Å². The van der Waals surface area contributed by atoms with Crippen LogP contribution in [0, 0.1) is 0 Å². The third-order valence-electron chi connectivity index (χ3n) is 3.57. The average Bonchev–Trinajstić information content (AvgIpc) is 2.51. The van der Waals surface area contributed by atoms with E-state index in [2.05, 4.69) is 46.3 Å². The summed E-state index contributed by atoms with van der Waals surface area (Å²) < 4.78 is 5.42. The zero-order valence-corrected chi connectivity index (χ0v) is 13.3. The molecule has 3 aromatic carbocycles. The van der Waals surface area contributed by atoms with Crippen LogP contribution in [0.4, 0.5) is 0 Å². The Labute approximate surface area is 131 Å². The van der Waals surface area contributed by atoms with Crippen molar-refractivity contribution in [2.45, 2.75) is 18.4 Å². The molecular formula is C18H15BrO2. The number of hydrogen-bond donors (Lipinski definition) is 0. The van der Waals surface area contributed by atoms with Gasteiger partial charge in [-0.05, 0) is 34.5 Å². The van der Waals surface area contributed by atoms with Gasteiger partial charge in [0, 0.05) is 5.56 Å². The lowest BCUT2D eigenvalue weighted by Gasteiger charge is -2.12. The fourth-order valence-electron chi connectivity index (χ4n) is 2.52. The molecule has 0 radical (unpaired) electrons. The van der Waals surface area contributed by atoms with E-state index in [1.807, 2.05) is 24.3 Å². The van der Waals surface area contributed by atoms with Crippen LogP contribution in [0.3, 0.4) is 0 Å². The molecule has 0 heterocycles. The van der Waals surface area contributed by atoms with E-state index in [0.717, 1.165) is 27.1 Å². The predicted octanol–water partition coefficient (Wildman–Crippen LogP) is 4.82. The van der Waals surface area contributed by atoms with Crippen LogP contribution >= 0.6 is 15.9 Å². The van der Waals surface area contributed by atoms with Crippen molar-refractivity contribution in [2.24, 2.45) is 0 Å². The van der Waals surface area contributed by atoms with Crippen LogP contribution in [0.5, 0.6) is 0 Å². The van der Waals surface area contributed by atoms with Gasteiger partial charge in [-0.25, -0.2) is 0 Å². The van der Waals surface area contributed by atoms with E-state index in [-0.39, 0.29) is 17.4 Å². The first-order chi connectivity index (χ1) is 10.2. The maximum atomic E-state index is 11.7. The molecule has 0 aliphatic heterocycles. The van der Waals surface area contributed by atoms with Gasteiger partial charge in [0.25, 0.3) is 0 Å². The number of alkyl halides is 1. The summed E-state index contributed by atoms with van der Waals surface area (Å²) >= 11 is 3.24. The number of ether oxygens (including phenoxy) is 1. The number of benzene rings is 3. The number of fused-ring (bicyclic) bond motifs is 2. The number of carbonyl (C=O) groups excluding carboxylic acids is 1. The molecule has 0 bridgehead atoms. The van der Waals surface area contributed by atoms with Crippen LogP contribution in [0.15, 0.2) is 54.6 Å². The quantitative estimate of drug-likeness (QED) is 0.387. The molecule has 0 aliphatic rings. The van der Waals surface area contributed by atoms with Gasteiger partial charge in [0.05, 0.1) is 0 Å². The molecule has 3 aromatic rings. The van der Waals surface area contributed by atoms with E-state index in [4.69, 9.17) is 4.74 Å². The Kier molecular flexibility index (Phi) is 3.93. The van der Waals surface area contributed by atoms with Crippen molar-refractivity contribution in [1.82, 2.24) is 0 Å². The van der Waals surface area contributed by atoms with E-state index >= 15 is 0 Å². The Bertz CT molecular complexity index is 755. The number of carbonyl (C=O) groups is 1. The van der Waals surface area contributed by atoms with Crippen LogP contribution in [-0.2, 0) is 16.1 Å². The fourth-order valence-corrected chi connectivity index (χ4v) is 2.65. The Morgan fingerprint density at radius 2 is 1.57 bits per heavy atom. The predicted molar refractivity (Wildman–Crippen MR) is 89.6 cm³/mol. The highest BCUT2D eigenvalue weighted by molar-refractivity contribution is 9.10. The van der Waals surface area contributed by atoms with Crippen molar-refractivity contribution >= 4 is 43.4 Å². The van der Waals surface area contributed by atoms with Crippen LogP contribution in [0.25, 0.3) is 21.5 Å². The van der Waals surface area contributed by atoms with Crippen LogP contribution in [-0.4, -0.2) is 10.8 Å². The van der Waals surface area contributed by atoms with E-state index in [1.54, 1.807) is 6.92 Å². The summed E-state index contributed by atoms with van der Waals surface area (Å²) in [4.78, 5) is 11.4. The molecule has 0 amide bonds. The number of hydrogen-bond acceptors (Lipinski definition) is 2. The first-order valence-corrected chi connectivity index (χ1v) is 7.78. The minimum atomic E-state index is -0.293. The lowest BCUT2D eigenvalue weighted by molar-refractivity contribution is -0.143. The molecule has 0 spiro atoms. The van der Waals surface area contributed by atoms with Crippen molar-refractivity contribution in [3.05, 3.63) is 60.2 Å². The molecule has 3 rings (SSSR count). The second-order valence-corrected chi connectivity index (χ2v) is 6.39. The SMILES string of the molecule is C[C@H](Br)C(=O)OCc1c2ccccc2cc2ccccc12. The van der Waals surface area contributed by atoms with Gasteiger partial charge >= 0.3 is 5.97 Å². The summed E-state index contributed by atoms with van der Waals surface area (Å²) in [5.41, 5.74) is 1.06. The lowest BCUT2D eigenvalue weighted by atomic mass is 9.97.